The van der Waals surface area contributed by atoms with E-state index in [1.807, 2.05) is 0 Å². The van der Waals surface area contributed by atoms with Crippen molar-refractivity contribution in [2.75, 3.05) is 13.7 Å². The molecule has 3 atom stereocenters. The Kier molecular flexibility index (Phi) is 6.08. The summed E-state index contributed by atoms with van der Waals surface area (Å²) < 4.78 is 4.65. The molecule has 0 bridgehead atoms. The number of amides is 2. The molecule has 0 spiro atoms. The summed E-state index contributed by atoms with van der Waals surface area (Å²) in [5.74, 6) is -0.338. The van der Waals surface area contributed by atoms with Crippen molar-refractivity contribution in [2.24, 2.45) is 0 Å². The van der Waals surface area contributed by atoms with Crippen molar-refractivity contribution in [1.29, 1.82) is 0 Å². The Morgan fingerprint density at radius 2 is 2.19 bits per heavy atom. The summed E-state index contributed by atoms with van der Waals surface area (Å²) in [5, 5.41) is 0. The molecule has 1 rings (SSSR count). The van der Waals surface area contributed by atoms with Gasteiger partial charge in [-0.1, -0.05) is 6.08 Å². The summed E-state index contributed by atoms with van der Waals surface area (Å²) in [7, 11) is 1.24. The van der Waals surface area contributed by atoms with Gasteiger partial charge in [-0.25, -0.2) is 4.79 Å². The molecular weight excluding hydrogens is 276 g/mol. The van der Waals surface area contributed by atoms with Gasteiger partial charge in [-0.3, -0.25) is 9.69 Å². The van der Waals surface area contributed by atoms with Gasteiger partial charge in [0.05, 0.1) is 19.2 Å². The SMILES string of the molecule is C=C[C@@H]1C(N(CC)C(=O)OC)C(=O)N1[C@@H](C=O)CCC=O. The summed E-state index contributed by atoms with van der Waals surface area (Å²) in [6.45, 7) is 5.70. The van der Waals surface area contributed by atoms with E-state index in [2.05, 4.69) is 11.3 Å². The Labute approximate surface area is 123 Å². The quantitative estimate of drug-likeness (QED) is 0.367. The molecule has 1 saturated heterocycles. The van der Waals surface area contributed by atoms with Crippen LogP contribution in [0, 0.1) is 0 Å². The minimum absolute atomic E-state index is 0.191. The number of ether oxygens (including phenoxy) is 1. The maximum Gasteiger partial charge on any atom is 0.410 e. The molecule has 116 valence electrons. The van der Waals surface area contributed by atoms with Crippen molar-refractivity contribution in [1.82, 2.24) is 9.80 Å². The largest absolute Gasteiger partial charge is 0.453 e. The van der Waals surface area contributed by atoms with Crippen LogP contribution in [0.15, 0.2) is 12.7 Å². The standard InChI is InChI=1S/C14H20N2O5/c1-4-11-12(15(5-2)14(20)21-3)13(19)16(11)10(9-18)7-6-8-17/h4,8-12H,1,5-7H2,2-3H3/t10-,11-,12?/m1/s1. The smallest absolute Gasteiger partial charge is 0.410 e. The van der Waals surface area contributed by atoms with Crippen molar-refractivity contribution >= 4 is 24.6 Å². The number of carbonyl (C=O) groups is 4. The Morgan fingerprint density at radius 1 is 1.52 bits per heavy atom. The molecular formula is C14H20N2O5. The Bertz CT molecular complexity index is 437. The lowest BCUT2D eigenvalue weighted by atomic mass is 9.90. The zero-order valence-corrected chi connectivity index (χ0v) is 12.2. The minimum Gasteiger partial charge on any atom is -0.453 e. The normalized spacial score (nSPS) is 22.0. The average molecular weight is 296 g/mol. The molecule has 0 aliphatic carbocycles. The molecule has 0 radical (unpaired) electrons. The number of β-lactam (4-membered cyclic amide) rings is 1. The number of aldehydes is 2. The highest BCUT2D eigenvalue weighted by atomic mass is 16.5. The first kappa shape index (κ1) is 16.9. The highest BCUT2D eigenvalue weighted by molar-refractivity contribution is 5.95. The zero-order valence-electron chi connectivity index (χ0n) is 12.2. The van der Waals surface area contributed by atoms with Gasteiger partial charge in [-0.15, -0.1) is 6.58 Å². The van der Waals surface area contributed by atoms with Crippen LogP contribution in [-0.4, -0.2) is 66.2 Å². The summed E-state index contributed by atoms with van der Waals surface area (Å²) in [6.07, 6.45) is 2.72. The molecule has 0 saturated carbocycles. The molecule has 1 heterocycles. The van der Waals surface area contributed by atoms with Crippen LogP contribution in [0.25, 0.3) is 0 Å². The number of rotatable bonds is 8. The molecule has 1 fully saturated rings. The monoisotopic (exact) mass is 296 g/mol. The minimum atomic E-state index is -0.710. The number of methoxy groups -OCH3 is 1. The van der Waals surface area contributed by atoms with Crippen LogP contribution >= 0.6 is 0 Å². The summed E-state index contributed by atoms with van der Waals surface area (Å²) in [6, 6.07) is -1.85. The second-order valence-electron chi connectivity index (χ2n) is 4.62. The van der Waals surface area contributed by atoms with Gasteiger partial charge in [0.25, 0.3) is 0 Å². The summed E-state index contributed by atoms with van der Waals surface area (Å²) in [4.78, 5) is 48.2. The number of hydrogen-bond acceptors (Lipinski definition) is 5. The van der Waals surface area contributed by atoms with E-state index >= 15 is 0 Å². The van der Waals surface area contributed by atoms with Crippen LogP contribution in [-0.2, 0) is 19.1 Å². The van der Waals surface area contributed by atoms with Gasteiger partial charge >= 0.3 is 6.09 Å². The number of hydrogen-bond donors (Lipinski definition) is 0. The number of carbonyl (C=O) groups excluding carboxylic acids is 4. The van der Waals surface area contributed by atoms with E-state index in [1.54, 1.807) is 6.92 Å². The van der Waals surface area contributed by atoms with Crippen molar-refractivity contribution in [2.45, 2.75) is 37.9 Å². The molecule has 7 nitrogen and oxygen atoms in total. The van der Waals surface area contributed by atoms with Crippen LogP contribution in [0.2, 0.25) is 0 Å². The second-order valence-corrected chi connectivity index (χ2v) is 4.62. The lowest BCUT2D eigenvalue weighted by Gasteiger charge is -2.51. The van der Waals surface area contributed by atoms with E-state index in [-0.39, 0.29) is 18.7 Å². The zero-order chi connectivity index (χ0) is 16.0. The first-order valence-electron chi connectivity index (χ1n) is 6.75. The maximum atomic E-state index is 12.3. The third kappa shape index (κ3) is 3.12. The van der Waals surface area contributed by atoms with Gasteiger partial charge in [0.1, 0.15) is 18.6 Å². The van der Waals surface area contributed by atoms with Crippen LogP contribution in [0.5, 0.6) is 0 Å². The number of nitrogens with zero attached hydrogens (tertiary/aromatic N) is 2. The van der Waals surface area contributed by atoms with E-state index in [1.165, 1.54) is 23.0 Å². The highest BCUT2D eigenvalue weighted by Crippen LogP contribution is 2.29. The van der Waals surface area contributed by atoms with E-state index in [0.29, 0.717) is 19.1 Å². The van der Waals surface area contributed by atoms with E-state index in [9.17, 15) is 19.2 Å². The molecule has 21 heavy (non-hydrogen) atoms. The van der Waals surface area contributed by atoms with Crippen LogP contribution in [0.4, 0.5) is 4.79 Å². The topological polar surface area (TPSA) is 84.0 Å². The molecule has 0 N–H and O–H groups in total. The lowest BCUT2D eigenvalue weighted by molar-refractivity contribution is -0.160. The lowest BCUT2D eigenvalue weighted by Crippen LogP contribution is -2.73. The second kappa shape index (κ2) is 7.56. The molecule has 2 amide bonds. The predicted octanol–water partition coefficient (Wildman–Crippen LogP) is 0.387. The molecule has 0 aromatic rings. The van der Waals surface area contributed by atoms with Gasteiger partial charge in [0.15, 0.2) is 0 Å². The predicted molar refractivity (Wildman–Crippen MR) is 74.6 cm³/mol. The fraction of sp³-hybridized carbons (Fsp3) is 0.571. The fourth-order valence-corrected chi connectivity index (χ4v) is 2.53. The summed E-state index contributed by atoms with van der Waals surface area (Å²) >= 11 is 0. The van der Waals surface area contributed by atoms with Gasteiger partial charge in [0.2, 0.25) is 5.91 Å². The van der Waals surface area contributed by atoms with E-state index < -0.39 is 24.2 Å². The maximum absolute atomic E-state index is 12.3. The number of likely N-dealkylation sites (N-methyl/N-ethyl adjacent to an activating group) is 1. The molecule has 1 aliphatic heterocycles. The third-order valence-corrected chi connectivity index (χ3v) is 3.57. The van der Waals surface area contributed by atoms with Crippen molar-refractivity contribution in [3.8, 4) is 0 Å². The van der Waals surface area contributed by atoms with Crippen molar-refractivity contribution in [3.63, 3.8) is 0 Å². The molecule has 1 unspecified atom stereocenters. The first-order valence-corrected chi connectivity index (χ1v) is 6.75. The van der Waals surface area contributed by atoms with E-state index in [4.69, 9.17) is 0 Å². The van der Waals surface area contributed by atoms with Crippen LogP contribution in [0.1, 0.15) is 19.8 Å². The van der Waals surface area contributed by atoms with Crippen molar-refractivity contribution in [3.05, 3.63) is 12.7 Å². The molecule has 1 aliphatic rings. The van der Waals surface area contributed by atoms with E-state index in [0.717, 1.165) is 0 Å². The first-order chi connectivity index (χ1) is 10.1. The molecule has 7 heteroatoms. The number of likely N-dealkylation sites (tertiary alicyclic amines) is 1. The summed E-state index contributed by atoms with van der Waals surface area (Å²) in [5.41, 5.74) is 0. The molecule has 0 aromatic carbocycles. The fourth-order valence-electron chi connectivity index (χ4n) is 2.53. The van der Waals surface area contributed by atoms with Gasteiger partial charge in [0, 0.05) is 13.0 Å². The van der Waals surface area contributed by atoms with Crippen LogP contribution in [0.3, 0.4) is 0 Å². The third-order valence-electron chi connectivity index (χ3n) is 3.57. The Hall–Kier alpha value is -2.18. The van der Waals surface area contributed by atoms with Gasteiger partial charge < -0.3 is 19.2 Å². The van der Waals surface area contributed by atoms with Crippen molar-refractivity contribution < 1.29 is 23.9 Å². The Balaban J connectivity index is 2.91. The van der Waals surface area contributed by atoms with Gasteiger partial charge in [-0.2, -0.15) is 0 Å². The van der Waals surface area contributed by atoms with Crippen LogP contribution < -0.4 is 0 Å². The average Bonchev–Trinajstić information content (AvgIpc) is 2.51. The Morgan fingerprint density at radius 3 is 2.62 bits per heavy atom. The molecule has 0 aromatic heterocycles. The van der Waals surface area contributed by atoms with Gasteiger partial charge in [-0.05, 0) is 13.3 Å². The highest BCUT2D eigenvalue weighted by Gasteiger charge is 2.52.